The molecular weight excluding hydrogens is 489 g/mol. The molecule has 1 amide bonds. The van der Waals surface area contributed by atoms with Crippen molar-refractivity contribution in [3.63, 3.8) is 0 Å². The van der Waals surface area contributed by atoms with Crippen LogP contribution in [0.4, 0.5) is 0 Å². The monoisotopic (exact) mass is 503 g/mol. The summed E-state index contributed by atoms with van der Waals surface area (Å²) in [7, 11) is 0. The van der Waals surface area contributed by atoms with Gasteiger partial charge in [0.1, 0.15) is 10.7 Å². The molecule has 1 aromatic carbocycles. The lowest BCUT2D eigenvalue weighted by Gasteiger charge is -2.15. The zero-order valence-corrected chi connectivity index (χ0v) is 17.8. The smallest absolute Gasteiger partial charge is 0.265 e. The molecule has 0 aliphatic rings. The fraction of sp³-hybridized carbons (Fsp3) is 0.100. The number of carbonyl (C=O) groups is 1. The molecule has 0 saturated carbocycles. The van der Waals surface area contributed by atoms with Gasteiger partial charge in [0, 0.05) is 29.5 Å². The Balaban J connectivity index is 1.68. The highest BCUT2D eigenvalue weighted by atomic mass is 127. The van der Waals surface area contributed by atoms with Crippen LogP contribution < -0.4 is 0 Å². The number of nitrogens with one attached hydrogen (secondary N) is 1. The van der Waals surface area contributed by atoms with Crippen molar-refractivity contribution in [1.29, 1.82) is 0 Å². The molecule has 28 heavy (non-hydrogen) atoms. The van der Waals surface area contributed by atoms with E-state index in [1.807, 2.05) is 60.3 Å². The lowest BCUT2D eigenvalue weighted by atomic mass is 10.0. The predicted molar refractivity (Wildman–Crippen MR) is 117 cm³/mol. The molecule has 3 heterocycles. The van der Waals surface area contributed by atoms with Crippen LogP contribution in [0.25, 0.3) is 22.2 Å². The molecule has 1 N–H and O–H groups in total. The molecule has 4 rings (SSSR count). The van der Waals surface area contributed by atoms with Crippen LogP contribution in [0.2, 0.25) is 5.15 Å². The molecule has 0 unspecified atom stereocenters. The van der Waals surface area contributed by atoms with Gasteiger partial charge in [-0.1, -0.05) is 29.8 Å². The number of halogens is 2. The van der Waals surface area contributed by atoms with Gasteiger partial charge in [-0.25, -0.2) is 4.98 Å². The molecular formula is C20H15ClIN5O. The van der Waals surface area contributed by atoms with E-state index in [1.54, 1.807) is 27.6 Å². The molecule has 0 spiro atoms. The van der Waals surface area contributed by atoms with Crippen LogP contribution in [-0.4, -0.2) is 29.2 Å². The summed E-state index contributed by atoms with van der Waals surface area (Å²) >= 11 is 7.84. The molecule has 140 valence electrons. The summed E-state index contributed by atoms with van der Waals surface area (Å²) in [5.41, 5.74) is 5.02. The van der Waals surface area contributed by atoms with E-state index in [4.69, 9.17) is 11.6 Å². The lowest BCUT2D eigenvalue weighted by Crippen LogP contribution is -2.20. The van der Waals surface area contributed by atoms with Crippen molar-refractivity contribution in [3.8, 4) is 11.3 Å². The van der Waals surface area contributed by atoms with Crippen LogP contribution in [0.3, 0.4) is 0 Å². The van der Waals surface area contributed by atoms with E-state index in [-0.39, 0.29) is 5.91 Å². The van der Waals surface area contributed by atoms with Gasteiger partial charge >= 0.3 is 0 Å². The Morgan fingerprint density at radius 1 is 1.21 bits per heavy atom. The number of nitrogens with zero attached hydrogens (tertiary/aromatic N) is 4. The average molecular weight is 504 g/mol. The van der Waals surface area contributed by atoms with Gasteiger partial charge in [-0.15, -0.1) is 0 Å². The molecule has 0 aliphatic carbocycles. The number of aromatic amines is 1. The number of aryl methyl sites for hydroxylation is 1. The van der Waals surface area contributed by atoms with Gasteiger partial charge in [-0.05, 0) is 36.2 Å². The lowest BCUT2D eigenvalue weighted by molar-refractivity contribution is 0.0885. The summed E-state index contributed by atoms with van der Waals surface area (Å²) in [6, 6.07) is 11.1. The summed E-state index contributed by atoms with van der Waals surface area (Å²) in [6.07, 6.45) is 5.22. The van der Waals surface area contributed by atoms with E-state index in [1.165, 1.54) is 0 Å². The summed E-state index contributed by atoms with van der Waals surface area (Å²) in [4.78, 5) is 21.3. The van der Waals surface area contributed by atoms with Crippen LogP contribution in [0, 0.1) is 6.92 Å². The number of rotatable bonds is 4. The standard InChI is InChI=1S/C20H15ClIN5O/c1-12-9-23-8-7-14(12)18-15-3-2-4-16(19(15)26-25-18)20(28)27(22)11-13-5-6-17(21)24-10-13/h2-10H,11H2,1H3,(H,25,26). The molecule has 0 aliphatic heterocycles. The predicted octanol–water partition coefficient (Wildman–Crippen LogP) is 4.97. The summed E-state index contributed by atoms with van der Waals surface area (Å²) < 4.78 is 1.61. The second-order valence-corrected chi connectivity index (χ2v) is 7.86. The number of amides is 1. The van der Waals surface area contributed by atoms with Crippen molar-refractivity contribution < 1.29 is 4.79 Å². The van der Waals surface area contributed by atoms with E-state index in [0.717, 1.165) is 27.8 Å². The summed E-state index contributed by atoms with van der Waals surface area (Å²) in [6.45, 7) is 2.41. The Labute approximate surface area is 180 Å². The maximum Gasteiger partial charge on any atom is 0.265 e. The van der Waals surface area contributed by atoms with E-state index >= 15 is 0 Å². The third kappa shape index (κ3) is 3.59. The summed E-state index contributed by atoms with van der Waals surface area (Å²) in [5, 5.41) is 8.84. The second kappa shape index (κ2) is 7.84. The van der Waals surface area contributed by atoms with Gasteiger partial charge in [-0.2, -0.15) is 5.10 Å². The second-order valence-electron chi connectivity index (χ2n) is 6.31. The minimum Gasteiger partial charge on any atom is -0.277 e. The number of pyridine rings is 2. The Bertz CT molecular complexity index is 1160. The van der Waals surface area contributed by atoms with Crippen LogP contribution in [0.15, 0.2) is 55.0 Å². The van der Waals surface area contributed by atoms with Gasteiger partial charge in [-0.3, -0.25) is 18.0 Å². The highest BCUT2D eigenvalue weighted by molar-refractivity contribution is 14.1. The fourth-order valence-electron chi connectivity index (χ4n) is 3.03. The van der Waals surface area contributed by atoms with Crippen molar-refractivity contribution in [2.75, 3.05) is 0 Å². The molecule has 0 bridgehead atoms. The number of hydrogen-bond acceptors (Lipinski definition) is 4. The van der Waals surface area contributed by atoms with Crippen molar-refractivity contribution >= 4 is 51.3 Å². The van der Waals surface area contributed by atoms with E-state index in [2.05, 4.69) is 20.2 Å². The minimum atomic E-state index is -0.120. The van der Waals surface area contributed by atoms with Crippen molar-refractivity contribution in [2.24, 2.45) is 0 Å². The Hall–Kier alpha value is -2.52. The van der Waals surface area contributed by atoms with Crippen LogP contribution in [-0.2, 0) is 6.54 Å². The van der Waals surface area contributed by atoms with Gasteiger partial charge in [0.15, 0.2) is 0 Å². The third-order valence-electron chi connectivity index (χ3n) is 4.44. The van der Waals surface area contributed by atoms with Crippen molar-refractivity contribution in [1.82, 2.24) is 23.3 Å². The first kappa shape index (κ1) is 18.8. The fourth-order valence-corrected chi connectivity index (χ4v) is 3.80. The third-order valence-corrected chi connectivity index (χ3v) is 5.44. The van der Waals surface area contributed by atoms with Gasteiger partial charge in [0.05, 0.1) is 40.7 Å². The SMILES string of the molecule is Cc1cnccc1-c1[nH]nc2c(C(=O)N(I)Cc3ccc(Cl)nc3)cccc12. The topological polar surface area (TPSA) is 74.8 Å². The Morgan fingerprint density at radius 2 is 2.07 bits per heavy atom. The number of carbonyl (C=O) groups excluding carboxylic acids is 1. The molecule has 0 saturated heterocycles. The first-order valence-corrected chi connectivity index (χ1v) is 9.85. The number of aromatic nitrogens is 4. The number of para-hydroxylation sites is 1. The zero-order valence-electron chi connectivity index (χ0n) is 14.9. The molecule has 6 nitrogen and oxygen atoms in total. The quantitative estimate of drug-likeness (QED) is 0.242. The normalized spacial score (nSPS) is 11.0. The molecule has 0 fully saturated rings. The molecule has 0 radical (unpaired) electrons. The molecule has 8 heteroatoms. The number of benzene rings is 1. The first-order valence-electron chi connectivity index (χ1n) is 8.51. The molecule has 0 atom stereocenters. The van der Waals surface area contributed by atoms with E-state index < -0.39 is 0 Å². The first-order chi connectivity index (χ1) is 13.5. The maximum atomic E-state index is 13.1. The van der Waals surface area contributed by atoms with Gasteiger partial charge < -0.3 is 0 Å². The Kier molecular flexibility index (Phi) is 5.27. The summed E-state index contributed by atoms with van der Waals surface area (Å²) in [5.74, 6) is -0.120. The van der Waals surface area contributed by atoms with Crippen LogP contribution >= 0.6 is 34.5 Å². The molecule has 3 aromatic heterocycles. The average Bonchev–Trinajstić information content (AvgIpc) is 3.13. The number of fused-ring (bicyclic) bond motifs is 1. The van der Waals surface area contributed by atoms with Crippen LogP contribution in [0.1, 0.15) is 21.5 Å². The Morgan fingerprint density at radius 3 is 2.82 bits per heavy atom. The van der Waals surface area contributed by atoms with Crippen molar-refractivity contribution in [3.05, 3.63) is 76.8 Å². The van der Waals surface area contributed by atoms with Crippen molar-refractivity contribution in [2.45, 2.75) is 13.5 Å². The largest absolute Gasteiger partial charge is 0.277 e. The van der Waals surface area contributed by atoms with E-state index in [0.29, 0.717) is 22.8 Å². The maximum absolute atomic E-state index is 13.1. The number of hydrogen-bond donors (Lipinski definition) is 1. The molecule has 4 aromatic rings. The van der Waals surface area contributed by atoms with E-state index in [9.17, 15) is 4.79 Å². The highest BCUT2D eigenvalue weighted by Gasteiger charge is 2.20. The van der Waals surface area contributed by atoms with Gasteiger partial charge in [0.25, 0.3) is 5.91 Å². The zero-order chi connectivity index (χ0) is 19.7. The number of H-pyrrole nitrogens is 1. The highest BCUT2D eigenvalue weighted by Crippen LogP contribution is 2.30. The van der Waals surface area contributed by atoms with Gasteiger partial charge in [0.2, 0.25) is 0 Å². The minimum absolute atomic E-state index is 0.120. The van der Waals surface area contributed by atoms with Crippen LogP contribution in [0.5, 0.6) is 0 Å².